The molecular weight excluding hydrogens is 669 g/mol. The molecule has 0 N–H and O–H groups in total. The smallest absolute Gasteiger partial charge is 0.265 e. The van der Waals surface area contributed by atoms with Gasteiger partial charge in [0.1, 0.15) is 17.3 Å². The van der Waals surface area contributed by atoms with Crippen molar-refractivity contribution in [1.29, 1.82) is 0 Å². The number of fused-ring (bicyclic) bond motifs is 2. The Kier molecular flexibility index (Phi) is 8.58. The standard InChI is InChI=1S/C18H17FN4O2S.C14H12ClNO4S/c1-4-5-22-13-7-12(11(19)6-14(13)25-9-16(22)24)20-17-23-10-18(2,3)8-15(23)21-26-17;1-21(18,19)12-6-9(15)4-5-10(12)13(17)11-7-16-20-14(11)8-2-3-8/h1,6-7H,5,8-10H2,2-3H3;4-8H,2-3H2,1H3/b20-17-;. The minimum absolute atomic E-state index is 0.0806. The third-order valence-electron chi connectivity index (χ3n) is 7.81. The maximum atomic E-state index is 14.5. The molecule has 1 aliphatic carbocycles. The molecule has 2 aliphatic heterocycles. The van der Waals surface area contributed by atoms with E-state index in [-0.39, 0.29) is 51.6 Å². The molecule has 0 radical (unpaired) electrons. The summed E-state index contributed by atoms with van der Waals surface area (Å²) in [6.45, 7) is 5.05. The first-order chi connectivity index (χ1) is 22.3. The van der Waals surface area contributed by atoms with Crippen LogP contribution in [0.2, 0.25) is 5.02 Å². The van der Waals surface area contributed by atoms with E-state index in [4.69, 9.17) is 27.3 Å². The first-order valence-corrected chi connectivity index (χ1v) is 17.6. The molecule has 2 aromatic carbocycles. The normalized spacial score (nSPS) is 16.9. The fourth-order valence-electron chi connectivity index (χ4n) is 5.44. The molecule has 2 aromatic heterocycles. The van der Waals surface area contributed by atoms with E-state index < -0.39 is 21.4 Å². The number of hydrogen-bond donors (Lipinski definition) is 0. The molecule has 0 bridgehead atoms. The molecule has 1 amide bonds. The van der Waals surface area contributed by atoms with E-state index in [2.05, 4.69) is 34.3 Å². The number of hydrogen-bond acceptors (Lipinski definition) is 10. The van der Waals surface area contributed by atoms with Gasteiger partial charge in [0, 0.05) is 53.3 Å². The van der Waals surface area contributed by atoms with Crippen molar-refractivity contribution in [2.45, 2.75) is 50.5 Å². The van der Waals surface area contributed by atoms with Gasteiger partial charge in [0.2, 0.25) is 4.80 Å². The Morgan fingerprint density at radius 1 is 1.26 bits per heavy atom. The Hall–Kier alpha value is -4.32. The van der Waals surface area contributed by atoms with Crippen LogP contribution in [-0.4, -0.2) is 53.6 Å². The number of ketones is 1. The lowest BCUT2D eigenvalue weighted by molar-refractivity contribution is -0.121. The van der Waals surface area contributed by atoms with E-state index in [9.17, 15) is 22.4 Å². The summed E-state index contributed by atoms with van der Waals surface area (Å²) in [5.74, 6) is 3.26. The predicted molar refractivity (Wildman–Crippen MR) is 172 cm³/mol. The highest BCUT2D eigenvalue weighted by atomic mass is 35.5. The van der Waals surface area contributed by atoms with Crippen LogP contribution in [0.3, 0.4) is 0 Å². The fraction of sp³-hybridized carbons (Fsp3) is 0.344. The second-order valence-electron chi connectivity index (χ2n) is 12.3. The molecule has 244 valence electrons. The highest BCUT2D eigenvalue weighted by molar-refractivity contribution is 7.90. The average Bonchev–Trinajstić information content (AvgIpc) is 3.50. The number of halogens is 2. The Morgan fingerprint density at radius 3 is 2.72 bits per heavy atom. The minimum Gasteiger partial charge on any atom is -0.481 e. The van der Waals surface area contributed by atoms with Crippen molar-refractivity contribution in [3.05, 3.63) is 74.9 Å². The molecule has 0 unspecified atom stereocenters. The summed E-state index contributed by atoms with van der Waals surface area (Å²) in [4.78, 5) is 31.1. The number of anilines is 1. The number of amides is 1. The first kappa shape index (κ1) is 32.6. The maximum Gasteiger partial charge on any atom is 0.265 e. The molecule has 1 fully saturated rings. The highest BCUT2D eigenvalue weighted by Crippen LogP contribution is 2.42. The van der Waals surface area contributed by atoms with Crippen LogP contribution in [0.1, 0.15) is 60.1 Å². The molecule has 1 saturated carbocycles. The summed E-state index contributed by atoms with van der Waals surface area (Å²) in [6.07, 6.45) is 10.5. The van der Waals surface area contributed by atoms with Crippen LogP contribution in [0.25, 0.3) is 0 Å². The number of nitrogens with zero attached hydrogens (tertiary/aromatic N) is 5. The van der Waals surface area contributed by atoms with Gasteiger partial charge in [-0.05, 0) is 42.5 Å². The van der Waals surface area contributed by atoms with Gasteiger partial charge < -0.3 is 13.8 Å². The van der Waals surface area contributed by atoms with Crippen molar-refractivity contribution in [2.24, 2.45) is 10.4 Å². The van der Waals surface area contributed by atoms with Gasteiger partial charge in [-0.15, -0.1) is 6.42 Å². The Labute approximate surface area is 279 Å². The minimum atomic E-state index is -3.57. The van der Waals surface area contributed by atoms with Crippen molar-refractivity contribution >= 4 is 56.0 Å². The molecule has 3 aliphatic rings. The monoisotopic (exact) mass is 697 g/mol. The number of rotatable bonds is 6. The second kappa shape index (κ2) is 12.4. The van der Waals surface area contributed by atoms with Crippen LogP contribution < -0.4 is 14.4 Å². The average molecular weight is 698 g/mol. The third kappa shape index (κ3) is 6.74. The quantitative estimate of drug-likeness (QED) is 0.201. The number of aromatic nitrogens is 3. The number of carbonyl (C=O) groups is 2. The summed E-state index contributed by atoms with van der Waals surface area (Å²) < 4.78 is 55.2. The Bertz CT molecular complexity index is 2140. The van der Waals surface area contributed by atoms with Crippen LogP contribution in [-0.2, 0) is 27.6 Å². The van der Waals surface area contributed by atoms with Gasteiger partial charge in [-0.25, -0.2) is 17.8 Å². The number of carbonyl (C=O) groups excluding carboxylic acids is 2. The Morgan fingerprint density at radius 2 is 2.02 bits per heavy atom. The highest BCUT2D eigenvalue weighted by Gasteiger charge is 2.34. The van der Waals surface area contributed by atoms with Crippen molar-refractivity contribution in [3.63, 3.8) is 0 Å². The molecular formula is C32H29ClFN5O6S2. The van der Waals surface area contributed by atoms with E-state index in [1.54, 1.807) is 0 Å². The second-order valence-corrected chi connectivity index (χ2v) is 15.4. The van der Waals surface area contributed by atoms with Gasteiger partial charge >= 0.3 is 0 Å². The summed E-state index contributed by atoms with van der Waals surface area (Å²) in [6, 6.07) is 6.96. The lowest BCUT2D eigenvalue weighted by Crippen LogP contribution is -2.39. The number of benzene rings is 2. The zero-order valence-corrected chi connectivity index (χ0v) is 28.0. The summed E-state index contributed by atoms with van der Waals surface area (Å²) in [7, 11) is -3.57. The van der Waals surface area contributed by atoms with E-state index in [0.717, 1.165) is 37.9 Å². The molecule has 0 saturated heterocycles. The van der Waals surface area contributed by atoms with E-state index in [1.807, 2.05) is 4.57 Å². The topological polar surface area (TPSA) is 137 Å². The molecule has 15 heteroatoms. The van der Waals surface area contributed by atoms with Crippen LogP contribution in [0, 0.1) is 23.6 Å². The van der Waals surface area contributed by atoms with Gasteiger partial charge in [-0.2, -0.15) is 4.37 Å². The molecule has 47 heavy (non-hydrogen) atoms. The van der Waals surface area contributed by atoms with Crippen molar-refractivity contribution < 1.29 is 31.7 Å². The first-order valence-electron chi connectivity index (χ1n) is 14.5. The van der Waals surface area contributed by atoms with Gasteiger partial charge in [0.15, 0.2) is 33.8 Å². The Balaban J connectivity index is 0.000000168. The zero-order valence-electron chi connectivity index (χ0n) is 25.6. The van der Waals surface area contributed by atoms with Gasteiger partial charge in [-0.3, -0.25) is 14.5 Å². The zero-order chi connectivity index (χ0) is 33.7. The number of terminal acetylenes is 1. The lowest BCUT2D eigenvalue weighted by Gasteiger charge is -2.28. The van der Waals surface area contributed by atoms with Crippen LogP contribution in [0.4, 0.5) is 15.8 Å². The molecule has 4 heterocycles. The summed E-state index contributed by atoms with van der Waals surface area (Å²) in [5, 5.41) is 3.93. The van der Waals surface area contributed by atoms with Gasteiger partial charge in [0.25, 0.3) is 5.91 Å². The van der Waals surface area contributed by atoms with E-state index in [1.165, 1.54) is 53.0 Å². The van der Waals surface area contributed by atoms with Crippen molar-refractivity contribution in [1.82, 2.24) is 14.1 Å². The molecule has 0 spiro atoms. The SMILES string of the molecule is C#CCN1C(=O)COc2cc(F)c(/N=c3\snc4n3CC(C)(C)C4)cc21.CS(=O)(=O)c1cc(Cl)ccc1C(=O)c1cnoc1C1CC1. The number of sulfone groups is 1. The summed E-state index contributed by atoms with van der Waals surface area (Å²) >= 11 is 7.08. The third-order valence-corrected chi connectivity index (χ3v) is 9.96. The number of ether oxygens (including phenoxy) is 1. The largest absolute Gasteiger partial charge is 0.481 e. The fourth-order valence-corrected chi connectivity index (χ4v) is 7.34. The van der Waals surface area contributed by atoms with Crippen molar-refractivity contribution in [2.75, 3.05) is 24.3 Å². The lowest BCUT2D eigenvalue weighted by atomic mass is 9.92. The van der Waals surface area contributed by atoms with E-state index in [0.29, 0.717) is 27.6 Å². The van der Waals surface area contributed by atoms with Gasteiger partial charge in [-0.1, -0.05) is 36.5 Å². The predicted octanol–water partition coefficient (Wildman–Crippen LogP) is 5.10. The van der Waals surface area contributed by atoms with E-state index >= 15 is 0 Å². The van der Waals surface area contributed by atoms with Gasteiger partial charge in [0.05, 0.1) is 28.9 Å². The molecule has 7 rings (SSSR count). The van der Waals surface area contributed by atoms with Crippen LogP contribution in [0.15, 0.2) is 50.9 Å². The van der Waals surface area contributed by atoms with Crippen LogP contribution >= 0.6 is 23.1 Å². The molecule has 4 aromatic rings. The van der Waals surface area contributed by atoms with Crippen molar-refractivity contribution in [3.8, 4) is 18.1 Å². The van der Waals surface area contributed by atoms with Crippen LogP contribution in [0.5, 0.6) is 5.75 Å². The summed E-state index contributed by atoms with van der Waals surface area (Å²) in [5.41, 5.74) is 1.09. The molecule has 11 nitrogen and oxygen atoms in total. The maximum absolute atomic E-state index is 14.5. The molecule has 0 atom stereocenters.